The van der Waals surface area contributed by atoms with E-state index in [9.17, 15) is 0 Å². The molecule has 0 spiro atoms. The summed E-state index contributed by atoms with van der Waals surface area (Å²) in [6, 6.07) is 25.5. The minimum atomic E-state index is 1.10. The van der Waals surface area contributed by atoms with E-state index in [-0.39, 0.29) is 0 Å². The van der Waals surface area contributed by atoms with Gasteiger partial charge in [-0.15, -0.1) is 0 Å². The highest BCUT2D eigenvalue weighted by molar-refractivity contribution is 9.10. The van der Waals surface area contributed by atoms with Crippen LogP contribution >= 0.6 is 15.9 Å². The van der Waals surface area contributed by atoms with E-state index in [0.717, 1.165) is 10.0 Å². The Balaban J connectivity index is 1.99. The van der Waals surface area contributed by atoms with Crippen molar-refractivity contribution in [1.82, 2.24) is 0 Å². The van der Waals surface area contributed by atoms with E-state index in [4.69, 9.17) is 0 Å². The summed E-state index contributed by atoms with van der Waals surface area (Å²) in [4.78, 5) is 0. The van der Waals surface area contributed by atoms with Crippen LogP contribution in [0.4, 0.5) is 0 Å². The van der Waals surface area contributed by atoms with Gasteiger partial charge in [0.2, 0.25) is 0 Å². The molecule has 0 unspecified atom stereocenters. The summed E-state index contributed by atoms with van der Waals surface area (Å²) in [5.74, 6) is 0. The van der Waals surface area contributed by atoms with Crippen molar-refractivity contribution < 1.29 is 0 Å². The lowest BCUT2D eigenvalue weighted by Gasteiger charge is -2.07. The molecule has 0 saturated heterocycles. The van der Waals surface area contributed by atoms with E-state index < -0.39 is 0 Å². The Morgan fingerprint density at radius 1 is 0.667 bits per heavy atom. The second kappa shape index (κ2) is 6.11. The van der Waals surface area contributed by atoms with Gasteiger partial charge in [-0.1, -0.05) is 83.2 Å². The summed E-state index contributed by atoms with van der Waals surface area (Å²) >= 11 is 3.47. The standard InChI is InChI=1S/C20H15Br/c1-2-15-6-8-16(9-7-15)18-4-3-5-19(14-18)17-10-12-20(21)13-11-17/h2-14H,1H2. The maximum atomic E-state index is 3.79. The smallest absolute Gasteiger partial charge is 0.0175 e. The molecule has 0 bridgehead atoms. The molecule has 0 saturated carbocycles. The van der Waals surface area contributed by atoms with Gasteiger partial charge < -0.3 is 0 Å². The number of rotatable bonds is 3. The van der Waals surface area contributed by atoms with Crippen LogP contribution in [0.1, 0.15) is 5.56 Å². The van der Waals surface area contributed by atoms with Gasteiger partial charge in [0.15, 0.2) is 0 Å². The van der Waals surface area contributed by atoms with Crippen molar-refractivity contribution in [3.05, 3.63) is 89.4 Å². The van der Waals surface area contributed by atoms with Crippen LogP contribution in [0.15, 0.2) is 83.8 Å². The molecule has 3 aromatic carbocycles. The lowest BCUT2D eigenvalue weighted by atomic mass is 9.98. The van der Waals surface area contributed by atoms with Gasteiger partial charge in [-0.05, 0) is 46.0 Å². The highest BCUT2D eigenvalue weighted by atomic mass is 79.9. The van der Waals surface area contributed by atoms with Gasteiger partial charge in [-0.25, -0.2) is 0 Å². The Morgan fingerprint density at radius 3 is 1.71 bits per heavy atom. The molecule has 0 nitrogen and oxygen atoms in total. The zero-order chi connectivity index (χ0) is 14.7. The van der Waals surface area contributed by atoms with Crippen molar-refractivity contribution in [1.29, 1.82) is 0 Å². The topological polar surface area (TPSA) is 0 Å². The summed E-state index contributed by atoms with van der Waals surface area (Å²) in [5, 5.41) is 0. The van der Waals surface area contributed by atoms with Gasteiger partial charge in [0.05, 0.1) is 0 Å². The average Bonchev–Trinajstić information content (AvgIpc) is 2.56. The minimum absolute atomic E-state index is 1.10. The largest absolute Gasteiger partial charge is 0.0985 e. The lowest BCUT2D eigenvalue weighted by molar-refractivity contribution is 1.57. The van der Waals surface area contributed by atoms with E-state index in [1.165, 1.54) is 22.3 Å². The Labute approximate surface area is 133 Å². The molecule has 0 amide bonds. The third-order valence-electron chi connectivity index (χ3n) is 3.52. The Kier molecular flexibility index (Phi) is 4.03. The molecule has 0 fully saturated rings. The van der Waals surface area contributed by atoms with Crippen molar-refractivity contribution in [2.75, 3.05) is 0 Å². The molecular weight excluding hydrogens is 320 g/mol. The number of halogens is 1. The van der Waals surface area contributed by atoms with Crippen LogP contribution in [-0.4, -0.2) is 0 Å². The fourth-order valence-electron chi connectivity index (χ4n) is 2.33. The highest BCUT2D eigenvalue weighted by Crippen LogP contribution is 2.27. The van der Waals surface area contributed by atoms with E-state index >= 15 is 0 Å². The van der Waals surface area contributed by atoms with Gasteiger partial charge in [0.1, 0.15) is 0 Å². The number of hydrogen-bond donors (Lipinski definition) is 0. The monoisotopic (exact) mass is 334 g/mol. The van der Waals surface area contributed by atoms with Crippen LogP contribution in [0.3, 0.4) is 0 Å². The van der Waals surface area contributed by atoms with E-state index in [0.29, 0.717) is 0 Å². The molecule has 0 aliphatic heterocycles. The molecule has 102 valence electrons. The Morgan fingerprint density at radius 2 is 1.19 bits per heavy atom. The second-order valence-corrected chi connectivity index (χ2v) is 5.83. The van der Waals surface area contributed by atoms with Crippen LogP contribution in [0.2, 0.25) is 0 Å². The fraction of sp³-hybridized carbons (Fsp3) is 0. The number of hydrogen-bond acceptors (Lipinski definition) is 0. The molecule has 0 atom stereocenters. The van der Waals surface area contributed by atoms with Crippen LogP contribution in [0, 0.1) is 0 Å². The molecule has 3 aromatic rings. The minimum Gasteiger partial charge on any atom is -0.0985 e. The highest BCUT2D eigenvalue weighted by Gasteiger charge is 2.01. The maximum absolute atomic E-state index is 3.79. The van der Waals surface area contributed by atoms with Gasteiger partial charge >= 0.3 is 0 Å². The summed E-state index contributed by atoms with van der Waals surface area (Å²) in [5.41, 5.74) is 6.05. The van der Waals surface area contributed by atoms with Crippen LogP contribution < -0.4 is 0 Å². The number of benzene rings is 3. The van der Waals surface area contributed by atoms with E-state index in [1.807, 2.05) is 6.08 Å². The summed E-state index contributed by atoms with van der Waals surface area (Å²) in [6.45, 7) is 3.79. The van der Waals surface area contributed by atoms with Gasteiger partial charge in [0.25, 0.3) is 0 Å². The first-order chi connectivity index (χ1) is 10.3. The van der Waals surface area contributed by atoms with Crippen LogP contribution in [0.5, 0.6) is 0 Å². The average molecular weight is 335 g/mol. The molecule has 0 heterocycles. The van der Waals surface area contributed by atoms with Crippen molar-refractivity contribution in [2.45, 2.75) is 0 Å². The molecule has 21 heavy (non-hydrogen) atoms. The Bertz CT molecular complexity index is 753. The quantitative estimate of drug-likeness (QED) is 0.518. The van der Waals surface area contributed by atoms with Gasteiger partial charge in [-0.2, -0.15) is 0 Å². The summed E-state index contributed by atoms with van der Waals surface area (Å²) < 4.78 is 1.10. The third-order valence-corrected chi connectivity index (χ3v) is 4.05. The van der Waals surface area contributed by atoms with E-state index in [2.05, 4.69) is 95.3 Å². The Hall–Kier alpha value is -2.12. The molecule has 0 radical (unpaired) electrons. The van der Waals surface area contributed by atoms with Gasteiger partial charge in [0, 0.05) is 4.47 Å². The first-order valence-electron chi connectivity index (χ1n) is 6.85. The zero-order valence-corrected chi connectivity index (χ0v) is 13.2. The molecule has 3 rings (SSSR count). The van der Waals surface area contributed by atoms with Crippen molar-refractivity contribution in [2.24, 2.45) is 0 Å². The first kappa shape index (κ1) is 13.8. The molecule has 0 aromatic heterocycles. The van der Waals surface area contributed by atoms with Crippen LogP contribution in [0.25, 0.3) is 28.3 Å². The fourth-order valence-corrected chi connectivity index (χ4v) is 2.60. The molecular formula is C20H15Br. The lowest BCUT2D eigenvalue weighted by Crippen LogP contribution is -1.82. The first-order valence-corrected chi connectivity index (χ1v) is 7.64. The van der Waals surface area contributed by atoms with Crippen molar-refractivity contribution in [3.63, 3.8) is 0 Å². The summed E-state index contributed by atoms with van der Waals surface area (Å²) in [6.07, 6.45) is 1.86. The van der Waals surface area contributed by atoms with E-state index in [1.54, 1.807) is 0 Å². The molecule has 0 N–H and O–H groups in total. The zero-order valence-electron chi connectivity index (χ0n) is 11.6. The van der Waals surface area contributed by atoms with Crippen molar-refractivity contribution in [3.8, 4) is 22.3 Å². The molecule has 0 aliphatic carbocycles. The predicted octanol–water partition coefficient (Wildman–Crippen LogP) is 6.43. The summed E-state index contributed by atoms with van der Waals surface area (Å²) in [7, 11) is 0. The third kappa shape index (κ3) is 3.14. The molecule has 0 aliphatic rings. The van der Waals surface area contributed by atoms with Gasteiger partial charge in [-0.3, -0.25) is 0 Å². The second-order valence-electron chi connectivity index (χ2n) is 4.91. The normalized spacial score (nSPS) is 10.3. The van der Waals surface area contributed by atoms with Crippen molar-refractivity contribution >= 4 is 22.0 Å². The van der Waals surface area contributed by atoms with Crippen LogP contribution in [-0.2, 0) is 0 Å². The SMILES string of the molecule is C=Cc1ccc(-c2cccc(-c3ccc(Br)cc3)c2)cc1. The molecule has 1 heteroatoms. The maximum Gasteiger partial charge on any atom is 0.0175 e. The predicted molar refractivity (Wildman–Crippen MR) is 95.1 cm³/mol.